The number of unbranched alkanes of at least 4 members (excludes halogenated alkanes) is 1. The molecular weight excluding hydrogens is 178 g/mol. The number of hydrogen-bond donors (Lipinski definition) is 0. The summed E-state index contributed by atoms with van der Waals surface area (Å²) in [6.07, 6.45) is 3.40. The van der Waals surface area contributed by atoms with Crippen LogP contribution in [0.5, 0.6) is 0 Å². The summed E-state index contributed by atoms with van der Waals surface area (Å²) in [5.41, 5.74) is 0. The molecule has 0 aromatic rings. The van der Waals surface area contributed by atoms with Gasteiger partial charge in [-0.05, 0) is 12.8 Å². The lowest BCUT2D eigenvalue weighted by Gasteiger charge is -2.15. The highest BCUT2D eigenvalue weighted by atomic mass is 31.2. The molecule has 0 saturated heterocycles. The van der Waals surface area contributed by atoms with Crippen LogP contribution in [-0.2, 0) is 9.09 Å². The fraction of sp³-hybridized carbons (Fsp3) is 1.00. The Hall–Kier alpha value is 0.120. The van der Waals surface area contributed by atoms with Crippen molar-refractivity contribution in [1.82, 2.24) is 0 Å². The van der Waals surface area contributed by atoms with E-state index in [9.17, 15) is 8.76 Å². The van der Waals surface area contributed by atoms with Crippen molar-refractivity contribution in [3.8, 4) is 0 Å². The largest absolute Gasteiger partial charge is 0.364 e. The standard InChI is InChI=1S/C8H18FO2P/c1-4-6-7-8(5-2)11-12(3,9)10/h8H,4-7H2,1-3H3. The Bertz CT molecular complexity index is 155. The van der Waals surface area contributed by atoms with E-state index >= 15 is 0 Å². The van der Waals surface area contributed by atoms with Crippen LogP contribution in [0.25, 0.3) is 0 Å². The van der Waals surface area contributed by atoms with Gasteiger partial charge in [0.1, 0.15) is 0 Å². The fourth-order valence-corrected chi connectivity index (χ4v) is 1.82. The quantitative estimate of drug-likeness (QED) is 0.604. The Kier molecular flexibility index (Phi) is 5.77. The predicted octanol–water partition coefficient (Wildman–Crippen LogP) is 3.76. The van der Waals surface area contributed by atoms with E-state index in [0.29, 0.717) is 0 Å². The average molecular weight is 196 g/mol. The van der Waals surface area contributed by atoms with E-state index in [0.717, 1.165) is 32.3 Å². The molecular formula is C8H18FO2P. The Morgan fingerprint density at radius 1 is 1.50 bits per heavy atom. The zero-order valence-electron chi connectivity index (χ0n) is 8.05. The van der Waals surface area contributed by atoms with Gasteiger partial charge in [-0.15, -0.1) is 0 Å². The molecule has 0 aromatic heterocycles. The van der Waals surface area contributed by atoms with Crippen LogP contribution in [0.3, 0.4) is 0 Å². The molecule has 0 fully saturated rings. The minimum absolute atomic E-state index is 0.175. The lowest BCUT2D eigenvalue weighted by molar-refractivity contribution is 0.174. The summed E-state index contributed by atoms with van der Waals surface area (Å²) in [6.45, 7) is 4.99. The van der Waals surface area contributed by atoms with Crippen LogP contribution in [0.2, 0.25) is 0 Å². The molecule has 0 bridgehead atoms. The smallest absolute Gasteiger partial charge is 0.302 e. The molecule has 0 N–H and O–H groups in total. The maximum absolute atomic E-state index is 12.6. The molecule has 2 atom stereocenters. The van der Waals surface area contributed by atoms with Crippen molar-refractivity contribution in [2.24, 2.45) is 0 Å². The number of hydrogen-bond acceptors (Lipinski definition) is 2. The van der Waals surface area contributed by atoms with Crippen LogP contribution < -0.4 is 0 Å². The minimum Gasteiger partial charge on any atom is -0.302 e. The van der Waals surface area contributed by atoms with Gasteiger partial charge in [-0.25, -0.2) is 0 Å². The third-order valence-corrected chi connectivity index (χ3v) is 2.35. The Labute approximate surface area is 74.1 Å². The van der Waals surface area contributed by atoms with Crippen molar-refractivity contribution in [1.29, 1.82) is 0 Å². The second kappa shape index (κ2) is 5.71. The van der Waals surface area contributed by atoms with E-state index in [1.165, 1.54) is 0 Å². The van der Waals surface area contributed by atoms with E-state index in [2.05, 4.69) is 6.92 Å². The molecule has 0 aliphatic heterocycles. The Balaban J connectivity index is 3.75. The first-order valence-corrected chi connectivity index (χ1v) is 6.41. The lowest BCUT2D eigenvalue weighted by Crippen LogP contribution is -2.08. The second-order valence-electron chi connectivity index (χ2n) is 3.02. The highest BCUT2D eigenvalue weighted by Crippen LogP contribution is 2.46. The van der Waals surface area contributed by atoms with Gasteiger partial charge < -0.3 is 4.52 Å². The van der Waals surface area contributed by atoms with E-state index in [1.807, 2.05) is 6.92 Å². The molecule has 12 heavy (non-hydrogen) atoms. The molecule has 2 nitrogen and oxygen atoms in total. The Morgan fingerprint density at radius 3 is 2.42 bits per heavy atom. The van der Waals surface area contributed by atoms with Crippen LogP contribution in [0.1, 0.15) is 39.5 Å². The fourth-order valence-electron chi connectivity index (χ4n) is 1.03. The van der Waals surface area contributed by atoms with Crippen molar-refractivity contribution >= 4 is 7.68 Å². The third-order valence-electron chi connectivity index (χ3n) is 1.67. The SMILES string of the molecule is CCCCC(CC)OP(C)(=O)F. The average Bonchev–Trinajstić information content (AvgIpc) is 1.95. The lowest BCUT2D eigenvalue weighted by atomic mass is 10.1. The first-order chi connectivity index (χ1) is 5.49. The van der Waals surface area contributed by atoms with Gasteiger partial charge in [0, 0.05) is 6.66 Å². The van der Waals surface area contributed by atoms with Crippen LogP contribution >= 0.6 is 7.68 Å². The second-order valence-corrected chi connectivity index (χ2v) is 4.73. The van der Waals surface area contributed by atoms with Gasteiger partial charge in [-0.1, -0.05) is 26.7 Å². The van der Waals surface area contributed by atoms with Gasteiger partial charge in [0.25, 0.3) is 0 Å². The van der Waals surface area contributed by atoms with Gasteiger partial charge in [0.05, 0.1) is 6.10 Å². The van der Waals surface area contributed by atoms with E-state index in [4.69, 9.17) is 4.52 Å². The molecule has 0 rings (SSSR count). The molecule has 4 heteroatoms. The highest BCUT2D eigenvalue weighted by Gasteiger charge is 2.19. The van der Waals surface area contributed by atoms with E-state index < -0.39 is 7.68 Å². The van der Waals surface area contributed by atoms with E-state index in [1.54, 1.807) is 0 Å². The first kappa shape index (κ1) is 12.1. The summed E-state index contributed by atoms with van der Waals surface area (Å²) in [5, 5.41) is 0. The molecule has 0 aliphatic rings. The summed E-state index contributed by atoms with van der Waals surface area (Å²) in [6, 6.07) is 0. The van der Waals surface area contributed by atoms with Gasteiger partial charge in [-0.2, -0.15) is 4.20 Å². The third kappa shape index (κ3) is 6.81. The normalized spacial score (nSPS) is 18.7. The summed E-state index contributed by atoms with van der Waals surface area (Å²) in [5.74, 6) is 0. The van der Waals surface area contributed by atoms with Gasteiger partial charge >= 0.3 is 7.68 Å². The molecule has 0 heterocycles. The maximum Gasteiger partial charge on any atom is 0.364 e. The van der Waals surface area contributed by atoms with Crippen molar-refractivity contribution in [3.63, 3.8) is 0 Å². The van der Waals surface area contributed by atoms with Crippen LogP contribution in [0.15, 0.2) is 0 Å². The summed E-state index contributed by atoms with van der Waals surface area (Å²) in [7, 11) is -3.78. The number of halogens is 1. The minimum atomic E-state index is -3.78. The van der Waals surface area contributed by atoms with E-state index in [-0.39, 0.29) is 6.10 Å². The van der Waals surface area contributed by atoms with Crippen molar-refractivity contribution < 1.29 is 13.3 Å². The molecule has 0 radical (unpaired) electrons. The zero-order valence-corrected chi connectivity index (χ0v) is 8.94. The maximum atomic E-state index is 12.6. The van der Waals surface area contributed by atoms with Crippen molar-refractivity contribution in [2.75, 3.05) is 6.66 Å². The molecule has 0 amide bonds. The monoisotopic (exact) mass is 196 g/mol. The summed E-state index contributed by atoms with van der Waals surface area (Å²) >= 11 is 0. The topological polar surface area (TPSA) is 26.3 Å². The number of rotatable bonds is 6. The van der Waals surface area contributed by atoms with Gasteiger partial charge in [-0.3, -0.25) is 4.57 Å². The van der Waals surface area contributed by atoms with Gasteiger partial charge in [0.2, 0.25) is 0 Å². The molecule has 0 spiro atoms. The molecule has 0 aromatic carbocycles. The molecule has 0 aliphatic carbocycles. The Morgan fingerprint density at radius 2 is 2.08 bits per heavy atom. The molecule has 0 saturated carbocycles. The molecule has 2 unspecified atom stereocenters. The first-order valence-electron chi connectivity index (χ1n) is 4.45. The van der Waals surface area contributed by atoms with Gasteiger partial charge in [0.15, 0.2) is 0 Å². The van der Waals surface area contributed by atoms with Crippen molar-refractivity contribution in [2.45, 2.75) is 45.6 Å². The zero-order chi connectivity index (χ0) is 9.61. The van der Waals surface area contributed by atoms with Crippen molar-refractivity contribution in [3.05, 3.63) is 0 Å². The molecule has 74 valence electrons. The van der Waals surface area contributed by atoms with Crippen LogP contribution in [0, 0.1) is 0 Å². The summed E-state index contributed by atoms with van der Waals surface area (Å²) < 4.78 is 28.0. The predicted molar refractivity (Wildman–Crippen MR) is 49.3 cm³/mol. The summed E-state index contributed by atoms with van der Waals surface area (Å²) in [4.78, 5) is 0. The van der Waals surface area contributed by atoms with Crippen LogP contribution in [0.4, 0.5) is 4.20 Å². The van der Waals surface area contributed by atoms with Crippen LogP contribution in [-0.4, -0.2) is 12.8 Å². The highest BCUT2D eigenvalue weighted by molar-refractivity contribution is 7.52.